The average molecular weight is 338 g/mol. The van der Waals surface area contributed by atoms with Gasteiger partial charge in [0.05, 0.1) is 21.7 Å². The van der Waals surface area contributed by atoms with Crippen LogP contribution in [0.3, 0.4) is 0 Å². The second-order valence-electron chi connectivity index (χ2n) is 3.31. The van der Waals surface area contributed by atoms with Gasteiger partial charge in [-0.3, -0.25) is 0 Å². The Balaban J connectivity index is 2.67. The lowest BCUT2D eigenvalue weighted by molar-refractivity contribution is -0.138. The summed E-state index contributed by atoms with van der Waals surface area (Å²) in [5, 5.41) is -0.0153. The molecule has 0 heterocycles. The molecular weight excluding hydrogens is 326 g/mol. The van der Waals surface area contributed by atoms with Gasteiger partial charge in [0.15, 0.2) is 0 Å². The summed E-state index contributed by atoms with van der Waals surface area (Å²) in [6.45, 7) is 5.39. The molecule has 6 heteroatoms. The zero-order chi connectivity index (χ0) is 13.7. The van der Waals surface area contributed by atoms with E-state index < -0.39 is 11.8 Å². The van der Waals surface area contributed by atoms with Crippen LogP contribution in [0.1, 0.15) is 6.92 Å². The highest BCUT2D eigenvalue weighted by molar-refractivity contribution is 9.10. The maximum Gasteiger partial charge on any atom is 0.336 e. The molecule has 0 atom stereocenters. The Labute approximate surface area is 118 Å². The molecule has 0 aromatic heterocycles. The van der Waals surface area contributed by atoms with Crippen LogP contribution >= 0.6 is 27.5 Å². The first kappa shape index (κ1) is 15.0. The van der Waals surface area contributed by atoms with Gasteiger partial charge in [-0.05, 0) is 28.9 Å². The van der Waals surface area contributed by atoms with Crippen molar-refractivity contribution in [2.75, 3.05) is 13.2 Å². The Morgan fingerprint density at radius 2 is 2.22 bits per heavy atom. The minimum absolute atomic E-state index is 0.0153. The third-order valence-electron chi connectivity index (χ3n) is 1.94. The lowest BCUT2D eigenvalue weighted by Crippen LogP contribution is -2.13. The van der Waals surface area contributed by atoms with Crippen molar-refractivity contribution >= 4 is 33.5 Å². The van der Waals surface area contributed by atoms with Crippen molar-refractivity contribution in [3.05, 3.63) is 39.6 Å². The van der Waals surface area contributed by atoms with E-state index in [0.717, 1.165) is 6.07 Å². The van der Waals surface area contributed by atoms with Crippen LogP contribution in [0.5, 0.6) is 5.75 Å². The number of hydrogen-bond donors (Lipinski definition) is 0. The number of hydrogen-bond acceptors (Lipinski definition) is 3. The van der Waals surface area contributed by atoms with Crippen molar-refractivity contribution in [3.63, 3.8) is 0 Å². The molecule has 0 bridgehead atoms. The van der Waals surface area contributed by atoms with Gasteiger partial charge in [-0.2, -0.15) is 0 Å². The van der Waals surface area contributed by atoms with Crippen LogP contribution in [0.4, 0.5) is 4.39 Å². The largest absolute Gasteiger partial charge is 0.487 e. The summed E-state index contributed by atoms with van der Waals surface area (Å²) in [5.41, 5.74) is 0.152. The second kappa shape index (κ2) is 6.75. The number of ether oxygens (including phenoxy) is 2. The zero-order valence-electron chi connectivity index (χ0n) is 9.63. The molecule has 0 saturated carbocycles. The van der Waals surface area contributed by atoms with Gasteiger partial charge >= 0.3 is 5.97 Å². The fraction of sp³-hybridized carbons (Fsp3) is 0.250. The topological polar surface area (TPSA) is 35.5 Å². The molecule has 0 aliphatic rings. The van der Waals surface area contributed by atoms with E-state index in [9.17, 15) is 9.18 Å². The van der Waals surface area contributed by atoms with E-state index in [1.165, 1.54) is 6.07 Å². The highest BCUT2D eigenvalue weighted by Crippen LogP contribution is 2.30. The van der Waals surface area contributed by atoms with Gasteiger partial charge < -0.3 is 9.47 Å². The standard InChI is InChI=1S/C12H11BrClFO3/c1-3-17-12(16)7(2)6-18-11-5-10(15)9(14)4-8(11)13/h4-5H,2-3,6H2,1H3. The SMILES string of the molecule is C=C(COc1cc(F)c(Cl)cc1Br)C(=O)OCC. The summed E-state index contributed by atoms with van der Waals surface area (Å²) in [4.78, 5) is 11.3. The van der Waals surface area contributed by atoms with Crippen molar-refractivity contribution < 1.29 is 18.7 Å². The Bertz CT molecular complexity index is 477. The van der Waals surface area contributed by atoms with Crippen LogP contribution in [0.15, 0.2) is 28.8 Å². The van der Waals surface area contributed by atoms with Crippen molar-refractivity contribution in [3.8, 4) is 5.75 Å². The summed E-state index contributed by atoms with van der Waals surface area (Å²) in [7, 11) is 0. The Hall–Kier alpha value is -1.07. The summed E-state index contributed by atoms with van der Waals surface area (Å²) in [5.74, 6) is -0.901. The van der Waals surface area contributed by atoms with Crippen LogP contribution in [-0.2, 0) is 9.53 Å². The van der Waals surface area contributed by atoms with Crippen molar-refractivity contribution in [1.29, 1.82) is 0 Å². The fourth-order valence-corrected chi connectivity index (χ4v) is 1.83. The molecule has 3 nitrogen and oxygen atoms in total. The quantitative estimate of drug-likeness (QED) is 0.466. The van der Waals surface area contributed by atoms with Gasteiger partial charge in [0.2, 0.25) is 0 Å². The van der Waals surface area contributed by atoms with Crippen LogP contribution < -0.4 is 4.74 Å². The van der Waals surface area contributed by atoms with Gasteiger partial charge in [-0.25, -0.2) is 9.18 Å². The molecular formula is C12H11BrClFO3. The van der Waals surface area contributed by atoms with Gasteiger partial charge in [0.25, 0.3) is 0 Å². The van der Waals surface area contributed by atoms with Crippen molar-refractivity contribution in [1.82, 2.24) is 0 Å². The molecule has 0 unspecified atom stereocenters. The van der Waals surface area contributed by atoms with E-state index in [2.05, 4.69) is 22.5 Å². The van der Waals surface area contributed by atoms with Gasteiger partial charge in [-0.1, -0.05) is 18.2 Å². The maximum atomic E-state index is 13.2. The second-order valence-corrected chi connectivity index (χ2v) is 4.57. The molecule has 0 saturated heterocycles. The summed E-state index contributed by atoms with van der Waals surface area (Å²) < 4.78 is 23.7. The summed E-state index contributed by atoms with van der Waals surface area (Å²) >= 11 is 8.77. The van der Waals surface area contributed by atoms with E-state index in [4.69, 9.17) is 21.1 Å². The molecule has 0 radical (unpaired) electrons. The first-order chi connectivity index (χ1) is 8.45. The number of carbonyl (C=O) groups excluding carboxylic acids is 1. The van der Waals surface area contributed by atoms with E-state index in [0.29, 0.717) is 4.47 Å². The van der Waals surface area contributed by atoms with E-state index in [1.54, 1.807) is 6.92 Å². The fourth-order valence-electron chi connectivity index (χ4n) is 1.07. The first-order valence-electron chi connectivity index (χ1n) is 5.08. The summed E-state index contributed by atoms with van der Waals surface area (Å²) in [6.07, 6.45) is 0. The van der Waals surface area contributed by atoms with E-state index in [-0.39, 0.29) is 29.6 Å². The minimum atomic E-state index is -0.600. The minimum Gasteiger partial charge on any atom is -0.487 e. The molecule has 18 heavy (non-hydrogen) atoms. The van der Waals surface area contributed by atoms with Crippen LogP contribution in [-0.4, -0.2) is 19.2 Å². The highest BCUT2D eigenvalue weighted by Gasteiger charge is 2.11. The summed E-state index contributed by atoms with van der Waals surface area (Å²) in [6, 6.07) is 2.50. The molecule has 0 amide bonds. The van der Waals surface area contributed by atoms with Crippen LogP contribution in [0.25, 0.3) is 0 Å². The van der Waals surface area contributed by atoms with Crippen molar-refractivity contribution in [2.24, 2.45) is 0 Å². The predicted octanol–water partition coefficient (Wildman–Crippen LogP) is 3.74. The third kappa shape index (κ3) is 3.99. The number of carbonyl (C=O) groups is 1. The lowest BCUT2D eigenvalue weighted by atomic mass is 10.3. The number of rotatable bonds is 5. The normalized spacial score (nSPS) is 10.0. The molecule has 0 N–H and O–H groups in total. The molecule has 0 spiro atoms. The Kier molecular flexibility index (Phi) is 5.62. The van der Waals surface area contributed by atoms with Gasteiger partial charge in [0, 0.05) is 6.07 Å². The molecule has 98 valence electrons. The number of esters is 1. The number of benzene rings is 1. The molecule has 1 aromatic rings. The monoisotopic (exact) mass is 336 g/mol. The molecule has 0 fully saturated rings. The van der Waals surface area contributed by atoms with E-state index in [1.807, 2.05) is 0 Å². The van der Waals surface area contributed by atoms with E-state index >= 15 is 0 Å². The first-order valence-corrected chi connectivity index (χ1v) is 6.25. The molecule has 1 rings (SSSR count). The molecule has 1 aromatic carbocycles. The lowest BCUT2D eigenvalue weighted by Gasteiger charge is -2.10. The van der Waals surface area contributed by atoms with Crippen LogP contribution in [0, 0.1) is 5.82 Å². The highest BCUT2D eigenvalue weighted by atomic mass is 79.9. The third-order valence-corrected chi connectivity index (χ3v) is 2.85. The average Bonchev–Trinajstić information content (AvgIpc) is 2.32. The van der Waals surface area contributed by atoms with Crippen LogP contribution in [0.2, 0.25) is 5.02 Å². The van der Waals surface area contributed by atoms with Crippen molar-refractivity contribution in [2.45, 2.75) is 6.92 Å². The molecule has 0 aliphatic heterocycles. The zero-order valence-corrected chi connectivity index (χ0v) is 12.0. The van der Waals surface area contributed by atoms with Gasteiger partial charge in [0.1, 0.15) is 18.2 Å². The predicted molar refractivity (Wildman–Crippen MR) is 70.4 cm³/mol. The maximum absolute atomic E-state index is 13.2. The smallest absolute Gasteiger partial charge is 0.336 e. The van der Waals surface area contributed by atoms with Gasteiger partial charge in [-0.15, -0.1) is 0 Å². The molecule has 0 aliphatic carbocycles. The number of halogens is 3. The Morgan fingerprint density at radius 3 is 2.83 bits per heavy atom. The Morgan fingerprint density at radius 1 is 1.56 bits per heavy atom.